The van der Waals surface area contributed by atoms with E-state index in [9.17, 15) is 14.0 Å². The maximum atomic E-state index is 14.0. The molecule has 0 saturated heterocycles. The Labute approximate surface area is 191 Å². The Balaban J connectivity index is 1.67. The first-order valence-electron chi connectivity index (χ1n) is 11.1. The lowest BCUT2D eigenvalue weighted by molar-refractivity contribution is -0.120. The number of rotatable bonds is 5. The average molecular weight is 442 g/mol. The summed E-state index contributed by atoms with van der Waals surface area (Å²) in [5.41, 5.74) is 3.52. The predicted molar refractivity (Wildman–Crippen MR) is 126 cm³/mol. The molecule has 2 heterocycles. The Morgan fingerprint density at radius 1 is 0.939 bits per heavy atom. The Bertz CT molecular complexity index is 1270. The number of carbonyl (C=O) groups is 2. The molecule has 6 heteroatoms. The van der Waals surface area contributed by atoms with E-state index in [0.29, 0.717) is 35.7 Å². The Hall–Kier alpha value is -3.93. The highest BCUT2D eigenvalue weighted by Crippen LogP contribution is 2.39. The number of imide groups is 1. The van der Waals surface area contributed by atoms with E-state index < -0.39 is 17.6 Å². The third kappa shape index (κ3) is 3.67. The van der Waals surface area contributed by atoms with E-state index in [-0.39, 0.29) is 5.69 Å². The summed E-state index contributed by atoms with van der Waals surface area (Å²) in [6, 6.07) is 20.6. The second-order valence-electron chi connectivity index (χ2n) is 7.99. The molecule has 2 aliphatic heterocycles. The van der Waals surface area contributed by atoms with Gasteiger partial charge in [-0.2, -0.15) is 0 Å². The van der Waals surface area contributed by atoms with E-state index in [1.165, 1.54) is 18.2 Å². The minimum Gasteiger partial charge on any atom is -0.494 e. The van der Waals surface area contributed by atoms with Crippen LogP contribution in [0.25, 0.3) is 5.57 Å². The van der Waals surface area contributed by atoms with Crippen LogP contribution >= 0.6 is 0 Å². The first-order chi connectivity index (χ1) is 16.1. The number of nitrogens with zero attached hydrogens (tertiary/aromatic N) is 2. The van der Waals surface area contributed by atoms with Crippen LogP contribution in [0.3, 0.4) is 0 Å². The van der Waals surface area contributed by atoms with E-state index in [4.69, 9.17) is 4.74 Å². The second-order valence-corrected chi connectivity index (χ2v) is 7.99. The number of amides is 2. The molecule has 0 aliphatic carbocycles. The van der Waals surface area contributed by atoms with Crippen molar-refractivity contribution in [2.45, 2.75) is 19.8 Å². The number of hydrogen-bond donors (Lipinski definition) is 0. The second kappa shape index (κ2) is 8.54. The largest absolute Gasteiger partial charge is 0.494 e. The van der Waals surface area contributed by atoms with Gasteiger partial charge in [-0.1, -0.05) is 36.4 Å². The van der Waals surface area contributed by atoms with E-state index in [2.05, 4.69) is 0 Å². The van der Waals surface area contributed by atoms with Gasteiger partial charge in [-0.05, 0) is 67.3 Å². The number of para-hydroxylation sites is 1. The molecule has 3 aromatic carbocycles. The molecule has 0 saturated carbocycles. The van der Waals surface area contributed by atoms with Gasteiger partial charge in [-0.3, -0.25) is 9.59 Å². The lowest BCUT2D eigenvalue weighted by Gasteiger charge is -2.32. The smallest absolute Gasteiger partial charge is 0.282 e. The van der Waals surface area contributed by atoms with Crippen LogP contribution < -0.4 is 14.5 Å². The number of fused-ring (bicyclic) bond motifs is 1. The van der Waals surface area contributed by atoms with Crippen LogP contribution in [0.4, 0.5) is 15.8 Å². The van der Waals surface area contributed by atoms with Crippen molar-refractivity contribution < 1.29 is 18.7 Å². The van der Waals surface area contributed by atoms with Crippen LogP contribution in [-0.2, 0) is 16.0 Å². The fourth-order valence-electron chi connectivity index (χ4n) is 4.53. The van der Waals surface area contributed by atoms with Gasteiger partial charge in [0, 0.05) is 12.2 Å². The van der Waals surface area contributed by atoms with Crippen molar-refractivity contribution in [3.63, 3.8) is 0 Å². The predicted octanol–water partition coefficient (Wildman–Crippen LogP) is 4.96. The topological polar surface area (TPSA) is 49.9 Å². The minimum absolute atomic E-state index is 0.216. The number of carbonyl (C=O) groups excluding carboxylic acids is 2. The van der Waals surface area contributed by atoms with Gasteiger partial charge in [0.05, 0.1) is 17.9 Å². The maximum Gasteiger partial charge on any atom is 0.282 e. The Kier molecular flexibility index (Phi) is 5.42. The molecule has 0 spiro atoms. The number of ether oxygens (including phenoxy) is 1. The zero-order chi connectivity index (χ0) is 22.9. The molecule has 2 amide bonds. The molecule has 166 valence electrons. The summed E-state index contributed by atoms with van der Waals surface area (Å²) in [6.07, 6.45) is 1.77. The van der Waals surface area contributed by atoms with Crippen molar-refractivity contribution in [3.8, 4) is 5.75 Å². The van der Waals surface area contributed by atoms with Crippen LogP contribution in [0.2, 0.25) is 0 Å². The number of hydrogen-bond acceptors (Lipinski definition) is 4. The first-order valence-corrected chi connectivity index (χ1v) is 11.1. The van der Waals surface area contributed by atoms with E-state index in [0.717, 1.165) is 29.0 Å². The lowest BCUT2D eigenvalue weighted by atomic mass is 9.98. The summed E-state index contributed by atoms with van der Waals surface area (Å²) in [7, 11) is 0. The zero-order valence-corrected chi connectivity index (χ0v) is 18.3. The van der Waals surface area contributed by atoms with Gasteiger partial charge in [0.15, 0.2) is 0 Å². The van der Waals surface area contributed by atoms with Gasteiger partial charge >= 0.3 is 0 Å². The van der Waals surface area contributed by atoms with Gasteiger partial charge in [-0.15, -0.1) is 0 Å². The van der Waals surface area contributed by atoms with Crippen LogP contribution in [0.15, 0.2) is 78.5 Å². The van der Waals surface area contributed by atoms with Crippen molar-refractivity contribution in [3.05, 3.63) is 95.4 Å². The fourth-order valence-corrected chi connectivity index (χ4v) is 4.53. The molecule has 0 aromatic heterocycles. The summed E-state index contributed by atoms with van der Waals surface area (Å²) in [4.78, 5) is 30.4. The van der Waals surface area contributed by atoms with Crippen molar-refractivity contribution in [1.29, 1.82) is 0 Å². The van der Waals surface area contributed by atoms with Gasteiger partial charge in [-0.25, -0.2) is 9.29 Å². The maximum absolute atomic E-state index is 14.0. The Morgan fingerprint density at radius 2 is 1.73 bits per heavy atom. The molecule has 0 bridgehead atoms. The van der Waals surface area contributed by atoms with Crippen molar-refractivity contribution in [1.82, 2.24) is 0 Å². The first kappa shape index (κ1) is 20.9. The Morgan fingerprint density at radius 3 is 2.48 bits per heavy atom. The summed E-state index contributed by atoms with van der Waals surface area (Å²) in [5.74, 6) is -0.739. The molecule has 33 heavy (non-hydrogen) atoms. The molecular formula is C27H23FN2O3. The summed E-state index contributed by atoms with van der Waals surface area (Å²) in [6.45, 7) is 3.05. The third-order valence-electron chi connectivity index (χ3n) is 5.96. The third-order valence-corrected chi connectivity index (χ3v) is 5.96. The molecule has 0 fully saturated rings. The SMILES string of the molecule is CCOc1ccc(C2=C(N3CCCc4ccccc43)C(=O)N(c3cccc(F)c3)C2=O)cc1. The molecule has 5 rings (SSSR count). The summed E-state index contributed by atoms with van der Waals surface area (Å²) >= 11 is 0. The van der Waals surface area contributed by atoms with Crippen LogP contribution in [0.1, 0.15) is 24.5 Å². The monoisotopic (exact) mass is 442 g/mol. The van der Waals surface area contributed by atoms with E-state index in [1.54, 1.807) is 30.3 Å². The molecule has 0 atom stereocenters. The molecule has 3 aromatic rings. The highest BCUT2D eigenvalue weighted by Gasteiger charge is 2.43. The van der Waals surface area contributed by atoms with Crippen molar-refractivity contribution >= 4 is 28.8 Å². The number of halogens is 1. The molecule has 2 aliphatic rings. The fraction of sp³-hybridized carbons (Fsp3) is 0.185. The quantitative estimate of drug-likeness (QED) is 0.524. The van der Waals surface area contributed by atoms with Gasteiger partial charge in [0.2, 0.25) is 0 Å². The van der Waals surface area contributed by atoms with Gasteiger partial charge < -0.3 is 9.64 Å². The highest BCUT2D eigenvalue weighted by atomic mass is 19.1. The minimum atomic E-state index is -0.507. The number of aryl methyl sites for hydroxylation is 1. The van der Waals surface area contributed by atoms with Crippen molar-refractivity contribution in [2.75, 3.05) is 23.0 Å². The molecule has 0 N–H and O–H groups in total. The summed E-state index contributed by atoms with van der Waals surface area (Å²) in [5, 5.41) is 0. The van der Waals surface area contributed by atoms with Gasteiger partial charge in [0.25, 0.3) is 11.8 Å². The van der Waals surface area contributed by atoms with Crippen LogP contribution in [-0.4, -0.2) is 25.0 Å². The lowest BCUT2D eigenvalue weighted by Crippen LogP contribution is -2.37. The zero-order valence-electron chi connectivity index (χ0n) is 18.3. The number of anilines is 2. The van der Waals surface area contributed by atoms with E-state index in [1.807, 2.05) is 36.1 Å². The molecule has 0 unspecified atom stereocenters. The summed E-state index contributed by atoms with van der Waals surface area (Å²) < 4.78 is 19.5. The van der Waals surface area contributed by atoms with Gasteiger partial charge in [0.1, 0.15) is 17.3 Å². The van der Waals surface area contributed by atoms with Crippen LogP contribution in [0, 0.1) is 5.82 Å². The standard InChI is InChI=1S/C27H23FN2O3/c1-2-33-22-14-12-19(13-15-22)24-25(29-16-6-8-18-7-3-4-11-23(18)29)27(32)30(26(24)31)21-10-5-9-20(28)17-21/h3-5,7,9-15,17H,2,6,8,16H2,1H3. The number of benzene rings is 3. The van der Waals surface area contributed by atoms with Crippen molar-refractivity contribution in [2.24, 2.45) is 0 Å². The normalized spacial score (nSPS) is 15.8. The highest BCUT2D eigenvalue weighted by molar-refractivity contribution is 6.46. The molecular weight excluding hydrogens is 419 g/mol. The van der Waals surface area contributed by atoms with E-state index >= 15 is 0 Å². The average Bonchev–Trinajstić information content (AvgIpc) is 3.09. The molecule has 0 radical (unpaired) electrons. The molecule has 5 nitrogen and oxygen atoms in total. The van der Waals surface area contributed by atoms with Crippen LogP contribution in [0.5, 0.6) is 5.75 Å².